The Labute approximate surface area is 125 Å². The number of fused-ring (bicyclic) bond motifs is 1. The maximum absolute atomic E-state index is 13.3. The van der Waals surface area contributed by atoms with Gasteiger partial charge in [0.1, 0.15) is 6.04 Å². The summed E-state index contributed by atoms with van der Waals surface area (Å²) in [6.45, 7) is -0.332. The van der Waals surface area contributed by atoms with Crippen molar-refractivity contribution in [3.63, 3.8) is 0 Å². The number of ether oxygens (including phenoxy) is 2. The third kappa shape index (κ3) is 2.86. The molecular formula is C10H8ClF5N2O4. The molecule has 2 N–H and O–H groups in total. The SMILES string of the molecule is Cl.N[C@@H](c1cc2c(cc1[N+](=O)[O-])OCO2)C(F)(F)C(F)(F)F. The largest absolute Gasteiger partial charge is 0.455 e. The molecule has 0 saturated carbocycles. The standard InChI is InChI=1S/C10H7F5N2O4.ClH/c11-9(12,10(13,14)15)8(16)4-1-6-7(21-3-20-6)2-5(4)17(18)19;/h1-2,8H,3,16H2;1H/t8-;/m0./s1. The van der Waals surface area contributed by atoms with Gasteiger partial charge in [0.15, 0.2) is 11.5 Å². The van der Waals surface area contributed by atoms with E-state index in [2.05, 4.69) is 0 Å². The van der Waals surface area contributed by atoms with Crippen molar-refractivity contribution in [1.82, 2.24) is 0 Å². The van der Waals surface area contributed by atoms with Gasteiger partial charge >= 0.3 is 12.1 Å². The Kier molecular flexibility index (Phi) is 4.73. The van der Waals surface area contributed by atoms with Crippen molar-refractivity contribution >= 4 is 18.1 Å². The third-order valence-corrected chi connectivity index (χ3v) is 2.82. The van der Waals surface area contributed by atoms with Crippen LogP contribution in [0.3, 0.4) is 0 Å². The summed E-state index contributed by atoms with van der Waals surface area (Å²) in [5.41, 5.74) is 2.92. The van der Waals surface area contributed by atoms with Crippen molar-refractivity contribution in [3.05, 3.63) is 27.8 Å². The van der Waals surface area contributed by atoms with Crippen LogP contribution in [0.15, 0.2) is 12.1 Å². The van der Waals surface area contributed by atoms with E-state index in [9.17, 15) is 32.1 Å². The van der Waals surface area contributed by atoms with Crippen LogP contribution in [0, 0.1) is 10.1 Å². The summed E-state index contributed by atoms with van der Waals surface area (Å²) in [6.07, 6.45) is -5.95. The topological polar surface area (TPSA) is 87.6 Å². The third-order valence-electron chi connectivity index (χ3n) is 2.82. The monoisotopic (exact) mass is 350 g/mol. The molecule has 1 aromatic carbocycles. The molecule has 0 bridgehead atoms. The van der Waals surface area contributed by atoms with Crippen LogP contribution in [0.4, 0.5) is 27.6 Å². The minimum atomic E-state index is -5.95. The van der Waals surface area contributed by atoms with Gasteiger partial charge in [0.05, 0.1) is 16.6 Å². The Hall–Kier alpha value is -1.88. The molecule has 2 rings (SSSR count). The lowest BCUT2D eigenvalue weighted by molar-refractivity contribution is -0.386. The molecular weight excluding hydrogens is 343 g/mol. The number of hydrogen-bond donors (Lipinski definition) is 1. The molecule has 0 radical (unpaired) electrons. The van der Waals surface area contributed by atoms with Gasteiger partial charge in [-0.1, -0.05) is 0 Å². The van der Waals surface area contributed by atoms with Gasteiger partial charge in [0.2, 0.25) is 6.79 Å². The summed E-state index contributed by atoms with van der Waals surface area (Å²) in [4.78, 5) is 9.71. The van der Waals surface area contributed by atoms with E-state index < -0.39 is 34.3 Å². The summed E-state index contributed by atoms with van der Waals surface area (Å²) >= 11 is 0. The second-order valence-corrected chi connectivity index (χ2v) is 4.12. The van der Waals surface area contributed by atoms with Gasteiger partial charge in [-0.3, -0.25) is 10.1 Å². The molecule has 1 aromatic rings. The fraction of sp³-hybridized carbons (Fsp3) is 0.400. The van der Waals surface area contributed by atoms with Crippen LogP contribution >= 0.6 is 12.4 Å². The molecule has 22 heavy (non-hydrogen) atoms. The second kappa shape index (κ2) is 5.72. The van der Waals surface area contributed by atoms with Gasteiger partial charge in [-0.05, 0) is 6.07 Å². The van der Waals surface area contributed by atoms with Gasteiger partial charge in [-0.25, -0.2) is 0 Å². The average molecular weight is 351 g/mol. The molecule has 1 aliphatic heterocycles. The molecule has 0 fully saturated rings. The first-order valence-corrected chi connectivity index (χ1v) is 5.33. The van der Waals surface area contributed by atoms with E-state index in [1.807, 2.05) is 0 Å². The highest BCUT2D eigenvalue weighted by atomic mass is 35.5. The number of hydrogen-bond acceptors (Lipinski definition) is 5. The smallest absolute Gasteiger partial charge is 0.454 e. The number of rotatable bonds is 3. The van der Waals surface area contributed by atoms with Crippen LogP contribution in [0.25, 0.3) is 0 Å². The molecule has 0 unspecified atom stereocenters. The zero-order chi connectivity index (χ0) is 16.0. The van der Waals surface area contributed by atoms with E-state index in [-0.39, 0.29) is 30.7 Å². The average Bonchev–Trinajstić information content (AvgIpc) is 2.81. The fourth-order valence-electron chi connectivity index (χ4n) is 1.73. The zero-order valence-electron chi connectivity index (χ0n) is 10.4. The molecule has 0 spiro atoms. The lowest BCUT2D eigenvalue weighted by Crippen LogP contribution is -2.46. The molecule has 0 aromatic heterocycles. The van der Waals surface area contributed by atoms with Crippen molar-refractivity contribution in [2.45, 2.75) is 18.1 Å². The van der Waals surface area contributed by atoms with Crippen molar-refractivity contribution < 1.29 is 36.3 Å². The lowest BCUT2D eigenvalue weighted by atomic mass is 9.98. The van der Waals surface area contributed by atoms with Crippen LogP contribution in [-0.2, 0) is 0 Å². The Bertz CT molecular complexity index is 595. The molecule has 1 heterocycles. The van der Waals surface area contributed by atoms with Gasteiger partial charge < -0.3 is 15.2 Å². The molecule has 0 saturated heterocycles. The van der Waals surface area contributed by atoms with E-state index in [4.69, 9.17) is 15.2 Å². The molecule has 12 heteroatoms. The highest BCUT2D eigenvalue weighted by Gasteiger charge is 2.62. The number of nitro benzene ring substituents is 1. The van der Waals surface area contributed by atoms with Crippen molar-refractivity contribution in [3.8, 4) is 11.5 Å². The van der Waals surface area contributed by atoms with Crippen LogP contribution in [0.2, 0.25) is 0 Å². The Morgan fingerprint density at radius 3 is 2.14 bits per heavy atom. The molecule has 124 valence electrons. The van der Waals surface area contributed by atoms with Gasteiger partial charge in [0, 0.05) is 0 Å². The number of nitrogens with zero attached hydrogens (tertiary/aromatic N) is 1. The van der Waals surface area contributed by atoms with Gasteiger partial charge in [0.25, 0.3) is 5.69 Å². The summed E-state index contributed by atoms with van der Waals surface area (Å²) in [5, 5.41) is 10.8. The van der Waals surface area contributed by atoms with Crippen LogP contribution in [0.5, 0.6) is 11.5 Å². The van der Waals surface area contributed by atoms with E-state index in [0.717, 1.165) is 0 Å². The van der Waals surface area contributed by atoms with Crippen molar-refractivity contribution in [1.29, 1.82) is 0 Å². The normalized spacial score (nSPS) is 15.2. The minimum Gasteiger partial charge on any atom is -0.454 e. The maximum atomic E-state index is 13.3. The lowest BCUT2D eigenvalue weighted by Gasteiger charge is -2.25. The highest BCUT2D eigenvalue weighted by molar-refractivity contribution is 5.85. The Morgan fingerprint density at radius 2 is 1.68 bits per heavy atom. The maximum Gasteiger partial charge on any atom is 0.455 e. The van der Waals surface area contributed by atoms with E-state index >= 15 is 0 Å². The zero-order valence-corrected chi connectivity index (χ0v) is 11.2. The summed E-state index contributed by atoms with van der Waals surface area (Å²) in [5.74, 6) is -5.66. The predicted molar refractivity (Wildman–Crippen MR) is 64.4 cm³/mol. The quantitative estimate of drug-likeness (QED) is 0.514. The highest BCUT2D eigenvalue weighted by Crippen LogP contribution is 2.48. The minimum absolute atomic E-state index is 0. The second-order valence-electron chi connectivity index (χ2n) is 4.12. The van der Waals surface area contributed by atoms with Crippen LogP contribution in [0.1, 0.15) is 11.6 Å². The summed E-state index contributed by atoms with van der Waals surface area (Å²) < 4.78 is 73.1. The van der Waals surface area contributed by atoms with E-state index in [0.29, 0.717) is 12.1 Å². The van der Waals surface area contributed by atoms with E-state index in [1.54, 1.807) is 0 Å². The first kappa shape index (κ1) is 18.2. The molecule has 6 nitrogen and oxygen atoms in total. The van der Waals surface area contributed by atoms with Gasteiger partial charge in [-0.2, -0.15) is 22.0 Å². The number of nitrogens with two attached hydrogens (primary N) is 1. The first-order chi connectivity index (χ1) is 9.55. The predicted octanol–water partition coefficient (Wildman–Crippen LogP) is 2.94. The van der Waals surface area contributed by atoms with Gasteiger partial charge in [-0.15, -0.1) is 12.4 Å². The molecule has 0 amide bonds. The van der Waals surface area contributed by atoms with Crippen LogP contribution < -0.4 is 15.2 Å². The Morgan fingerprint density at radius 1 is 1.18 bits per heavy atom. The van der Waals surface area contributed by atoms with E-state index in [1.165, 1.54) is 0 Å². The number of alkyl halides is 5. The number of halogens is 6. The Balaban J connectivity index is 0.00000242. The first-order valence-electron chi connectivity index (χ1n) is 5.33. The van der Waals surface area contributed by atoms with Crippen molar-refractivity contribution in [2.24, 2.45) is 5.73 Å². The van der Waals surface area contributed by atoms with Crippen LogP contribution in [-0.4, -0.2) is 23.8 Å². The number of benzene rings is 1. The summed E-state index contributed by atoms with van der Waals surface area (Å²) in [6, 6.07) is -1.60. The fourth-order valence-corrected chi connectivity index (χ4v) is 1.73. The molecule has 0 aliphatic carbocycles. The molecule has 1 atom stereocenters. The van der Waals surface area contributed by atoms with Crippen molar-refractivity contribution in [2.75, 3.05) is 6.79 Å². The number of nitro groups is 1. The summed E-state index contributed by atoms with van der Waals surface area (Å²) in [7, 11) is 0. The molecule has 1 aliphatic rings.